The van der Waals surface area contributed by atoms with Crippen LogP contribution in [0.4, 0.5) is 87.8 Å². The fourth-order valence-electron chi connectivity index (χ4n) is 9.27. The van der Waals surface area contributed by atoms with Gasteiger partial charge in [0, 0.05) is 17.7 Å². The van der Waals surface area contributed by atoms with Crippen molar-refractivity contribution in [1.29, 1.82) is 0 Å². The number of benzene rings is 5. The number of hydrogen-bond acceptors (Lipinski definition) is 2. The molecular formula is C55H48BF20NO2. The first kappa shape index (κ1) is 63.2. The quantitative estimate of drug-likeness (QED) is 0.0115. The number of esters is 1. The lowest BCUT2D eigenvalue weighted by Crippen LogP contribution is -2.81. The van der Waals surface area contributed by atoms with Gasteiger partial charge in [-0.2, -0.15) is 0 Å². The number of ether oxygens (including phenoxy) is 1. The summed E-state index contributed by atoms with van der Waals surface area (Å²) in [4.78, 5) is 12.2. The van der Waals surface area contributed by atoms with Gasteiger partial charge in [0.1, 0.15) is 52.7 Å². The second-order valence-corrected chi connectivity index (χ2v) is 18.5. The van der Waals surface area contributed by atoms with E-state index in [4.69, 9.17) is 4.74 Å². The molecule has 0 unspecified atom stereocenters. The minimum absolute atomic E-state index is 0.215. The van der Waals surface area contributed by atoms with E-state index in [-0.39, 0.29) is 5.97 Å². The summed E-state index contributed by atoms with van der Waals surface area (Å²) < 4.78 is 301. The molecule has 0 aliphatic carbocycles. The van der Waals surface area contributed by atoms with E-state index < -0.39 is 144 Å². The molecule has 0 saturated heterocycles. The molecule has 79 heavy (non-hydrogen) atoms. The van der Waals surface area contributed by atoms with Crippen LogP contribution in [0, 0.1) is 116 Å². The number of pyridine rings is 1. The van der Waals surface area contributed by atoms with Crippen LogP contribution in [0.2, 0.25) is 0 Å². The van der Waals surface area contributed by atoms with Crippen molar-refractivity contribution in [3.8, 4) is 0 Å². The van der Waals surface area contributed by atoms with Crippen molar-refractivity contribution in [2.75, 3.05) is 6.61 Å². The number of nitrogens with zero attached hydrogens (tertiary/aromatic N) is 1. The number of rotatable bonds is 24. The Morgan fingerprint density at radius 2 is 0.608 bits per heavy atom. The van der Waals surface area contributed by atoms with Crippen LogP contribution in [-0.2, 0) is 11.3 Å². The van der Waals surface area contributed by atoms with E-state index in [0.717, 1.165) is 19.4 Å². The van der Waals surface area contributed by atoms with Crippen LogP contribution in [0.5, 0.6) is 0 Å². The minimum atomic E-state index is -7.22. The molecule has 0 saturated carbocycles. The Hall–Kier alpha value is -6.62. The summed E-state index contributed by atoms with van der Waals surface area (Å²) >= 11 is 0. The maximum atomic E-state index is 15.4. The highest BCUT2D eigenvalue weighted by molar-refractivity contribution is 7.20. The molecule has 6 rings (SSSR count). The highest BCUT2D eigenvalue weighted by Crippen LogP contribution is 2.31. The second-order valence-electron chi connectivity index (χ2n) is 18.5. The smallest absolute Gasteiger partial charge is 0.338 e. The third kappa shape index (κ3) is 13.7. The average molecular weight is 1150 g/mol. The molecule has 5 aromatic carbocycles. The molecule has 0 bridgehead atoms. The Labute approximate surface area is 440 Å². The first-order chi connectivity index (χ1) is 37.5. The van der Waals surface area contributed by atoms with Gasteiger partial charge in [-0.3, -0.25) is 0 Å². The van der Waals surface area contributed by atoms with Crippen LogP contribution in [0.15, 0.2) is 54.9 Å². The molecule has 1 aromatic heterocycles. The Morgan fingerprint density at radius 3 is 0.886 bits per heavy atom. The fraction of sp³-hybridized carbons (Fsp3) is 0.345. The number of hydrogen-bond donors (Lipinski definition) is 0. The van der Waals surface area contributed by atoms with Crippen molar-refractivity contribution in [2.24, 2.45) is 0 Å². The van der Waals surface area contributed by atoms with Crippen molar-refractivity contribution in [3.05, 3.63) is 182 Å². The number of carbonyl (C=O) groups is 1. The lowest BCUT2D eigenvalue weighted by atomic mass is 9.12. The normalized spacial score (nSPS) is 11.6. The predicted molar refractivity (Wildman–Crippen MR) is 251 cm³/mol. The third-order valence-corrected chi connectivity index (χ3v) is 13.3. The van der Waals surface area contributed by atoms with E-state index >= 15 is 35.1 Å². The van der Waals surface area contributed by atoms with Crippen LogP contribution in [0.25, 0.3) is 0 Å². The maximum Gasteiger partial charge on any atom is 0.338 e. The largest absolute Gasteiger partial charge is 0.462 e. The molecule has 24 heteroatoms. The van der Waals surface area contributed by atoms with Gasteiger partial charge in [0.25, 0.3) is 0 Å². The molecular weight excluding hydrogens is 1100 g/mol. The Morgan fingerprint density at radius 1 is 0.354 bits per heavy atom. The molecule has 0 aliphatic rings. The van der Waals surface area contributed by atoms with E-state index in [1.165, 1.54) is 95.5 Å². The summed E-state index contributed by atoms with van der Waals surface area (Å²) in [6, 6.07) is 14.0. The molecule has 0 aliphatic heterocycles. The van der Waals surface area contributed by atoms with Crippen molar-refractivity contribution in [1.82, 2.24) is 0 Å². The molecule has 0 fully saturated rings. The van der Waals surface area contributed by atoms with Crippen molar-refractivity contribution in [2.45, 2.75) is 116 Å². The lowest BCUT2D eigenvalue weighted by Gasteiger charge is -2.44. The molecule has 0 radical (unpaired) electrons. The first-order valence-electron chi connectivity index (χ1n) is 24.9. The van der Waals surface area contributed by atoms with Gasteiger partial charge in [-0.15, -0.1) is 21.9 Å². The SMILES string of the molecule is CCCCCCCCCCCCCCCCCCOC(=O)c1cc[n+](Cc2ccccc2)cc1.Fc1c(F)c(F)c([B-](c2c(F)c(F)c(F)c(F)c2F)(c2c(F)c(F)c(F)c(F)c2F)c2c(F)c(F)c(F)c(F)c2F)c(F)c1F. The van der Waals surface area contributed by atoms with E-state index in [0.29, 0.717) is 12.2 Å². The Balaban J connectivity index is 0.000000303. The monoisotopic (exact) mass is 1150 g/mol. The van der Waals surface area contributed by atoms with Crippen molar-refractivity contribution in [3.63, 3.8) is 0 Å². The first-order valence-corrected chi connectivity index (χ1v) is 24.9. The standard InChI is InChI=1S/C31H48NO2.C24BF20/c1-2-3-4-5-6-7-8-9-10-11-12-13-14-15-16-20-27-34-31(33)30-23-25-32(26-24-30)28-29-21-18-17-19-22-29;26-5-1(6(27)14(35)21(42)13(5)34)25(2-7(28)15(36)22(43)16(37)8(2)29,3-9(30)17(38)23(44)18(39)10(3)31)4-11(32)19(40)24(45)20(41)12(4)33/h17-19,21-26H,2-16,20,27-28H2,1H3;/q+1;-1. The summed E-state index contributed by atoms with van der Waals surface area (Å²) in [6.07, 6.45) is 18.2. The fourth-order valence-corrected chi connectivity index (χ4v) is 9.27. The van der Waals surface area contributed by atoms with E-state index in [9.17, 15) is 57.5 Å². The highest BCUT2D eigenvalue weighted by Gasteiger charge is 2.52. The summed E-state index contributed by atoms with van der Waals surface area (Å²) in [6.45, 7) is 3.61. The van der Waals surface area contributed by atoms with Gasteiger partial charge < -0.3 is 4.74 Å². The summed E-state index contributed by atoms with van der Waals surface area (Å²) in [5.41, 5.74) is -12.5. The topological polar surface area (TPSA) is 30.2 Å². The van der Waals surface area contributed by atoms with Gasteiger partial charge in [-0.25, -0.2) is 97.2 Å². The molecule has 0 N–H and O–H groups in total. The number of halogens is 20. The zero-order valence-corrected chi connectivity index (χ0v) is 41.8. The molecule has 428 valence electrons. The Bertz CT molecular complexity index is 2710. The molecule has 0 amide bonds. The van der Waals surface area contributed by atoms with Gasteiger partial charge in [0.2, 0.25) is 0 Å². The molecule has 0 spiro atoms. The summed E-state index contributed by atoms with van der Waals surface area (Å²) in [7, 11) is 0. The van der Waals surface area contributed by atoms with Gasteiger partial charge in [0.15, 0.2) is 88.7 Å². The van der Waals surface area contributed by atoms with E-state index in [1.807, 2.05) is 42.7 Å². The summed E-state index contributed by atoms with van der Waals surface area (Å²) in [5, 5.41) is 0. The van der Waals surface area contributed by atoms with Crippen LogP contribution in [0.3, 0.4) is 0 Å². The zero-order chi connectivity index (χ0) is 58.5. The van der Waals surface area contributed by atoms with Gasteiger partial charge in [-0.1, -0.05) is 134 Å². The van der Waals surface area contributed by atoms with E-state index in [2.05, 4.69) is 23.6 Å². The average Bonchev–Trinajstić information content (AvgIpc) is 3.25. The number of carbonyl (C=O) groups excluding carboxylic acids is 1. The van der Waals surface area contributed by atoms with Crippen LogP contribution < -0.4 is 26.4 Å². The van der Waals surface area contributed by atoms with Crippen LogP contribution in [-0.4, -0.2) is 18.7 Å². The van der Waals surface area contributed by atoms with Gasteiger partial charge >= 0.3 is 5.97 Å². The molecule has 0 atom stereocenters. The van der Waals surface area contributed by atoms with Crippen LogP contribution >= 0.6 is 0 Å². The summed E-state index contributed by atoms with van der Waals surface area (Å²) in [5.74, 6) is -71.6. The zero-order valence-electron chi connectivity index (χ0n) is 41.8. The van der Waals surface area contributed by atoms with Gasteiger partial charge in [0.05, 0.1) is 12.2 Å². The lowest BCUT2D eigenvalue weighted by molar-refractivity contribution is -0.688. The van der Waals surface area contributed by atoms with Gasteiger partial charge in [-0.05, 0) is 6.42 Å². The van der Waals surface area contributed by atoms with E-state index in [1.54, 1.807) is 0 Å². The Kier molecular flexibility index (Phi) is 22.8. The molecule has 1 heterocycles. The second kappa shape index (κ2) is 28.5. The molecule has 3 nitrogen and oxygen atoms in total. The highest BCUT2D eigenvalue weighted by atomic mass is 19.2. The predicted octanol–water partition coefficient (Wildman–Crippen LogP) is 14.3. The van der Waals surface area contributed by atoms with Crippen molar-refractivity contribution < 1.29 is 102 Å². The maximum absolute atomic E-state index is 15.4. The third-order valence-electron chi connectivity index (χ3n) is 13.3. The minimum Gasteiger partial charge on any atom is -0.462 e. The van der Waals surface area contributed by atoms with Crippen LogP contribution in [0.1, 0.15) is 126 Å². The van der Waals surface area contributed by atoms with Crippen molar-refractivity contribution >= 4 is 34.0 Å². The molecule has 6 aromatic rings. The number of aromatic nitrogens is 1. The number of unbranched alkanes of at least 4 members (excludes halogenated alkanes) is 15.